The minimum absolute atomic E-state index is 0.000693. The number of hydrogen-bond donors (Lipinski definition) is 1. The van der Waals surface area contributed by atoms with Gasteiger partial charge in [-0.05, 0) is 41.5 Å². The van der Waals surface area contributed by atoms with E-state index in [1.165, 1.54) is 12.1 Å². The summed E-state index contributed by atoms with van der Waals surface area (Å²) in [6, 6.07) is 15.2. The third-order valence-corrected chi connectivity index (χ3v) is 5.88. The number of hydrogen-bond acceptors (Lipinski definition) is 3. The molecule has 2 aromatic carbocycles. The molecule has 140 valence electrons. The highest BCUT2D eigenvalue weighted by molar-refractivity contribution is 7.92. The molecule has 2 heterocycles. The Kier molecular flexibility index (Phi) is 4.57. The van der Waals surface area contributed by atoms with Gasteiger partial charge in [-0.15, -0.1) is 0 Å². The van der Waals surface area contributed by atoms with Gasteiger partial charge in [0.2, 0.25) is 10.0 Å². The molecule has 3 aromatic rings. The molecule has 1 aliphatic heterocycles. The summed E-state index contributed by atoms with van der Waals surface area (Å²) in [6.07, 6.45) is 0. The number of rotatable bonds is 4. The lowest BCUT2D eigenvalue weighted by molar-refractivity contribution is 0.305. The van der Waals surface area contributed by atoms with Crippen molar-refractivity contribution in [3.05, 3.63) is 71.1 Å². The molecule has 0 bridgehead atoms. The van der Waals surface area contributed by atoms with Gasteiger partial charge in [0.1, 0.15) is 29.1 Å². The molecule has 0 saturated carbocycles. The second-order valence-corrected chi connectivity index (χ2v) is 8.47. The van der Waals surface area contributed by atoms with Crippen molar-refractivity contribution in [1.82, 2.24) is 4.57 Å². The van der Waals surface area contributed by atoms with Crippen LogP contribution in [0.25, 0.3) is 11.1 Å². The topological polar surface area (TPSA) is 60.3 Å². The van der Waals surface area contributed by atoms with Gasteiger partial charge in [-0.1, -0.05) is 35.9 Å². The molecule has 0 amide bonds. The quantitative estimate of drug-likeness (QED) is 0.703. The smallest absolute Gasteiger partial charge is 0.235 e. The van der Waals surface area contributed by atoms with E-state index in [4.69, 9.17) is 16.3 Å². The van der Waals surface area contributed by atoms with Gasteiger partial charge in [-0.2, -0.15) is 0 Å². The number of anilines is 1. The maximum absolute atomic E-state index is 13.2. The fraction of sp³-hybridized carbons (Fsp3) is 0.158. The van der Waals surface area contributed by atoms with Crippen molar-refractivity contribution in [3.8, 4) is 16.9 Å². The molecule has 8 heteroatoms. The highest BCUT2D eigenvalue weighted by atomic mass is 35.5. The Morgan fingerprint density at radius 3 is 2.67 bits per heavy atom. The van der Waals surface area contributed by atoms with Gasteiger partial charge in [0.15, 0.2) is 0 Å². The van der Waals surface area contributed by atoms with Gasteiger partial charge in [-0.25, -0.2) is 12.8 Å². The van der Waals surface area contributed by atoms with Crippen molar-refractivity contribution in [2.24, 2.45) is 0 Å². The van der Waals surface area contributed by atoms with Crippen LogP contribution in [0.5, 0.6) is 5.75 Å². The van der Waals surface area contributed by atoms with Crippen molar-refractivity contribution in [2.75, 3.05) is 10.5 Å². The number of nitrogens with zero attached hydrogens (tertiary/aromatic N) is 1. The normalized spacial score (nSPS) is 15.0. The Labute approximate surface area is 161 Å². The Morgan fingerprint density at radius 1 is 1.15 bits per heavy atom. The first-order chi connectivity index (χ1) is 12.9. The maximum Gasteiger partial charge on any atom is 0.235 e. The molecule has 1 aliphatic rings. The Bertz CT molecular complexity index is 1090. The highest BCUT2D eigenvalue weighted by Crippen LogP contribution is 2.37. The number of ether oxygens (including phenoxy) is 1. The fourth-order valence-corrected chi connectivity index (χ4v) is 4.32. The third kappa shape index (κ3) is 3.79. The summed E-state index contributed by atoms with van der Waals surface area (Å²) < 4.78 is 47.0. The fourth-order valence-electron chi connectivity index (χ4n) is 3.00. The van der Waals surface area contributed by atoms with Crippen LogP contribution in [0.4, 0.5) is 10.2 Å². The van der Waals surface area contributed by atoms with Gasteiger partial charge >= 0.3 is 0 Å². The molecule has 0 spiro atoms. The maximum atomic E-state index is 13.2. The summed E-state index contributed by atoms with van der Waals surface area (Å²) in [6.45, 7) is 0.572. The predicted octanol–water partition coefficient (Wildman–Crippen LogP) is 4.28. The van der Waals surface area contributed by atoms with E-state index in [9.17, 15) is 12.8 Å². The lowest BCUT2D eigenvalue weighted by atomic mass is 10.1. The summed E-state index contributed by atoms with van der Waals surface area (Å²) in [7, 11) is -3.35. The second-order valence-electron chi connectivity index (χ2n) is 6.24. The number of fused-ring (bicyclic) bond motifs is 1. The molecule has 0 unspecified atom stereocenters. The van der Waals surface area contributed by atoms with E-state index in [1.54, 1.807) is 34.9 Å². The van der Waals surface area contributed by atoms with E-state index < -0.39 is 10.0 Å². The van der Waals surface area contributed by atoms with Crippen LogP contribution < -0.4 is 9.46 Å². The van der Waals surface area contributed by atoms with Crippen LogP contribution in [0.15, 0.2) is 54.6 Å². The van der Waals surface area contributed by atoms with Crippen molar-refractivity contribution < 1.29 is 17.5 Å². The third-order valence-electron chi connectivity index (χ3n) is 4.34. The Hall–Kier alpha value is -2.51. The zero-order chi connectivity index (χ0) is 19.0. The van der Waals surface area contributed by atoms with E-state index in [2.05, 4.69) is 4.72 Å². The van der Waals surface area contributed by atoms with Gasteiger partial charge < -0.3 is 9.30 Å². The average molecular weight is 407 g/mol. The summed E-state index contributed by atoms with van der Waals surface area (Å²) in [4.78, 5) is 0. The SMILES string of the molecule is O=S1(=O)CCn2c(Cl)cc(-c3ccc(OCc4cccc(F)c4)cc3)c2N1. The molecule has 0 radical (unpaired) electrons. The lowest BCUT2D eigenvalue weighted by Crippen LogP contribution is -2.27. The zero-order valence-electron chi connectivity index (χ0n) is 14.2. The Morgan fingerprint density at radius 2 is 1.93 bits per heavy atom. The van der Waals surface area contributed by atoms with Crippen LogP contribution in [0.1, 0.15) is 5.56 Å². The van der Waals surface area contributed by atoms with Crippen LogP contribution in [0.3, 0.4) is 0 Å². The number of sulfonamides is 1. The first-order valence-electron chi connectivity index (χ1n) is 8.28. The van der Waals surface area contributed by atoms with Gasteiger partial charge in [0.05, 0.1) is 5.75 Å². The van der Waals surface area contributed by atoms with Crippen molar-refractivity contribution >= 4 is 27.4 Å². The Balaban J connectivity index is 1.55. The second kappa shape index (κ2) is 6.90. The highest BCUT2D eigenvalue weighted by Gasteiger charge is 2.25. The first-order valence-corrected chi connectivity index (χ1v) is 10.3. The van der Waals surface area contributed by atoms with E-state index in [0.29, 0.717) is 28.8 Å². The minimum atomic E-state index is -3.35. The number of aromatic nitrogens is 1. The molecule has 0 atom stereocenters. The summed E-state index contributed by atoms with van der Waals surface area (Å²) in [5, 5.41) is 0.480. The van der Waals surface area contributed by atoms with Crippen molar-refractivity contribution in [3.63, 3.8) is 0 Å². The first kappa shape index (κ1) is 17.9. The van der Waals surface area contributed by atoms with Crippen LogP contribution in [-0.4, -0.2) is 18.7 Å². The minimum Gasteiger partial charge on any atom is -0.489 e. The zero-order valence-corrected chi connectivity index (χ0v) is 15.7. The van der Waals surface area contributed by atoms with Crippen LogP contribution in [-0.2, 0) is 23.2 Å². The monoisotopic (exact) mass is 406 g/mol. The number of nitrogens with one attached hydrogen (secondary N) is 1. The molecule has 1 aromatic heterocycles. The standard InChI is InChI=1S/C19H16ClFN2O3S/c20-18-11-17(19-22-27(24,25)9-8-23(18)19)14-4-6-16(7-5-14)26-12-13-2-1-3-15(21)10-13/h1-7,10-11,22H,8-9,12H2. The molecule has 4 rings (SSSR count). The lowest BCUT2D eigenvalue weighted by Gasteiger charge is -2.19. The summed E-state index contributed by atoms with van der Waals surface area (Å²) in [5.74, 6) is 0.799. The van der Waals surface area contributed by atoms with Crippen LogP contribution >= 0.6 is 11.6 Å². The summed E-state index contributed by atoms with van der Waals surface area (Å²) >= 11 is 6.24. The van der Waals surface area contributed by atoms with Crippen LogP contribution in [0, 0.1) is 5.82 Å². The van der Waals surface area contributed by atoms with E-state index in [1.807, 2.05) is 12.1 Å². The molecular weight excluding hydrogens is 391 g/mol. The molecule has 27 heavy (non-hydrogen) atoms. The summed E-state index contributed by atoms with van der Waals surface area (Å²) in [5.41, 5.74) is 2.26. The number of benzene rings is 2. The average Bonchev–Trinajstić information content (AvgIpc) is 2.95. The molecule has 0 aliphatic carbocycles. The molecule has 0 saturated heterocycles. The van der Waals surface area contributed by atoms with E-state index in [0.717, 1.165) is 11.1 Å². The molecule has 1 N–H and O–H groups in total. The van der Waals surface area contributed by atoms with Gasteiger partial charge in [-0.3, -0.25) is 4.72 Å². The van der Waals surface area contributed by atoms with Gasteiger partial charge in [0.25, 0.3) is 0 Å². The predicted molar refractivity (Wildman–Crippen MR) is 103 cm³/mol. The van der Waals surface area contributed by atoms with Crippen LogP contribution in [0.2, 0.25) is 5.15 Å². The largest absolute Gasteiger partial charge is 0.489 e. The molecular formula is C19H16ClFN2O3S. The van der Waals surface area contributed by atoms with E-state index in [-0.39, 0.29) is 18.2 Å². The van der Waals surface area contributed by atoms with Gasteiger partial charge in [0, 0.05) is 12.1 Å². The molecule has 5 nitrogen and oxygen atoms in total. The number of halogens is 2. The van der Waals surface area contributed by atoms with Crippen molar-refractivity contribution in [2.45, 2.75) is 13.2 Å². The van der Waals surface area contributed by atoms with Crippen molar-refractivity contribution in [1.29, 1.82) is 0 Å². The molecule has 0 fully saturated rings. The van der Waals surface area contributed by atoms with E-state index >= 15 is 0 Å².